The average Bonchev–Trinajstić information content (AvgIpc) is 2.77. The molecular weight excluding hydrogens is 368 g/mol. The van der Waals surface area contributed by atoms with Crippen molar-refractivity contribution in [1.29, 1.82) is 0 Å². The Labute approximate surface area is 171 Å². The van der Waals surface area contributed by atoms with Crippen LogP contribution in [0.25, 0.3) is 10.8 Å². The van der Waals surface area contributed by atoms with Gasteiger partial charge in [-0.2, -0.15) is 0 Å². The molecule has 154 valence electrons. The Kier molecular flexibility index (Phi) is 6.52. The number of fused-ring (bicyclic) bond motifs is 1. The highest BCUT2D eigenvalue weighted by molar-refractivity contribution is 6.07. The molecule has 2 aromatic carbocycles. The van der Waals surface area contributed by atoms with Gasteiger partial charge in [0, 0.05) is 32.2 Å². The molecule has 0 N–H and O–H groups in total. The number of piperidine rings is 1. The maximum Gasteiger partial charge on any atom is 0.310 e. The third-order valence-corrected chi connectivity index (χ3v) is 5.61. The molecule has 0 aromatic heterocycles. The summed E-state index contributed by atoms with van der Waals surface area (Å²) in [7, 11) is 3.05. The van der Waals surface area contributed by atoms with Gasteiger partial charge in [0.25, 0.3) is 5.91 Å². The molecule has 0 bridgehead atoms. The molecule has 1 aliphatic rings. The number of esters is 1. The lowest BCUT2D eigenvalue weighted by Gasteiger charge is -2.34. The number of carbonyl (C=O) groups is 3. The highest BCUT2D eigenvalue weighted by Crippen LogP contribution is 2.24. The second kappa shape index (κ2) is 9.07. The number of amides is 2. The number of nitrogens with zero attached hydrogens (tertiary/aromatic N) is 2. The smallest absolute Gasteiger partial charge is 0.310 e. The zero-order valence-corrected chi connectivity index (χ0v) is 17.3. The molecule has 6 heteroatoms. The Morgan fingerprint density at radius 3 is 2.66 bits per heavy atom. The summed E-state index contributed by atoms with van der Waals surface area (Å²) in [6.45, 7) is 3.10. The first-order valence-corrected chi connectivity index (χ1v) is 10.0. The molecule has 1 saturated heterocycles. The number of likely N-dealkylation sites (tertiary alicyclic amines) is 1. The Hall–Kier alpha value is -2.89. The van der Waals surface area contributed by atoms with Crippen molar-refractivity contribution in [2.75, 3.05) is 33.8 Å². The zero-order chi connectivity index (χ0) is 21.0. The second-order valence-corrected chi connectivity index (χ2v) is 7.76. The van der Waals surface area contributed by atoms with Crippen molar-refractivity contribution in [3.05, 3.63) is 48.0 Å². The van der Waals surface area contributed by atoms with Crippen LogP contribution in [0.2, 0.25) is 0 Å². The Balaban J connectivity index is 1.70. The lowest BCUT2D eigenvalue weighted by Crippen LogP contribution is -2.47. The van der Waals surface area contributed by atoms with E-state index in [9.17, 15) is 14.4 Å². The topological polar surface area (TPSA) is 66.9 Å². The number of hydrogen-bond acceptors (Lipinski definition) is 4. The van der Waals surface area contributed by atoms with Gasteiger partial charge in [0.05, 0.1) is 18.9 Å². The number of methoxy groups -OCH3 is 1. The quantitative estimate of drug-likeness (QED) is 0.729. The third kappa shape index (κ3) is 4.58. The van der Waals surface area contributed by atoms with E-state index < -0.39 is 0 Å². The van der Waals surface area contributed by atoms with Crippen LogP contribution >= 0.6 is 0 Å². The average molecular weight is 396 g/mol. The number of hydrogen-bond donors (Lipinski definition) is 0. The molecule has 1 fully saturated rings. The van der Waals surface area contributed by atoms with Gasteiger partial charge in [-0.05, 0) is 29.7 Å². The molecule has 3 rings (SSSR count). The first kappa shape index (κ1) is 20.8. The predicted molar refractivity (Wildman–Crippen MR) is 111 cm³/mol. The van der Waals surface area contributed by atoms with Gasteiger partial charge >= 0.3 is 5.97 Å². The predicted octanol–water partition coefficient (Wildman–Crippen LogP) is 2.96. The summed E-state index contributed by atoms with van der Waals surface area (Å²) in [5.74, 6) is -1.04. The van der Waals surface area contributed by atoms with Crippen molar-refractivity contribution in [3.8, 4) is 0 Å². The Morgan fingerprint density at radius 2 is 1.90 bits per heavy atom. The second-order valence-electron chi connectivity index (χ2n) is 7.76. The molecule has 0 aliphatic carbocycles. The minimum Gasteiger partial charge on any atom is -0.469 e. The normalized spacial score (nSPS) is 17.6. The largest absolute Gasteiger partial charge is 0.469 e. The highest BCUT2D eigenvalue weighted by atomic mass is 16.5. The molecule has 2 unspecified atom stereocenters. The SMILES string of the molecule is COC(=O)C(C)CN(C)C(=O)C1CCCN(C(=O)c2cccc3ccccc23)C1. The molecule has 1 aliphatic heterocycles. The molecule has 2 aromatic rings. The van der Waals surface area contributed by atoms with Crippen LogP contribution in [0, 0.1) is 11.8 Å². The Bertz CT molecular complexity index is 905. The molecular formula is C23H28N2O4. The van der Waals surface area contributed by atoms with Crippen LogP contribution < -0.4 is 0 Å². The fourth-order valence-corrected chi connectivity index (χ4v) is 4.03. The minimum absolute atomic E-state index is 0.0313. The van der Waals surface area contributed by atoms with Gasteiger partial charge in [-0.3, -0.25) is 14.4 Å². The molecule has 6 nitrogen and oxygen atoms in total. The van der Waals surface area contributed by atoms with Crippen molar-refractivity contribution in [2.24, 2.45) is 11.8 Å². The number of benzene rings is 2. The van der Waals surface area contributed by atoms with Crippen LogP contribution in [0.4, 0.5) is 0 Å². The van der Waals surface area contributed by atoms with Crippen LogP contribution in [0.3, 0.4) is 0 Å². The summed E-state index contributed by atoms with van der Waals surface area (Å²) in [6.07, 6.45) is 1.53. The summed E-state index contributed by atoms with van der Waals surface area (Å²) >= 11 is 0. The van der Waals surface area contributed by atoms with E-state index in [1.54, 1.807) is 23.8 Å². The van der Waals surface area contributed by atoms with Crippen molar-refractivity contribution in [2.45, 2.75) is 19.8 Å². The lowest BCUT2D eigenvalue weighted by molar-refractivity contribution is -0.146. The molecule has 2 amide bonds. The minimum atomic E-state index is -0.383. The van der Waals surface area contributed by atoms with Crippen molar-refractivity contribution < 1.29 is 19.1 Å². The van der Waals surface area contributed by atoms with E-state index in [-0.39, 0.29) is 29.6 Å². The number of ether oxygens (including phenoxy) is 1. The molecule has 1 heterocycles. The molecule has 0 spiro atoms. The summed E-state index contributed by atoms with van der Waals surface area (Å²) in [4.78, 5) is 41.1. The van der Waals surface area contributed by atoms with Crippen molar-refractivity contribution >= 4 is 28.6 Å². The van der Waals surface area contributed by atoms with E-state index in [1.165, 1.54) is 7.11 Å². The molecule has 29 heavy (non-hydrogen) atoms. The van der Waals surface area contributed by atoms with Gasteiger partial charge in [-0.1, -0.05) is 43.3 Å². The first-order chi connectivity index (χ1) is 13.9. The maximum absolute atomic E-state index is 13.2. The van der Waals surface area contributed by atoms with Crippen molar-refractivity contribution in [1.82, 2.24) is 9.80 Å². The monoisotopic (exact) mass is 396 g/mol. The summed E-state index contributed by atoms with van der Waals surface area (Å²) in [6, 6.07) is 13.6. The van der Waals surface area contributed by atoms with E-state index in [4.69, 9.17) is 4.74 Å². The van der Waals surface area contributed by atoms with E-state index in [1.807, 2.05) is 42.5 Å². The first-order valence-electron chi connectivity index (χ1n) is 10.0. The van der Waals surface area contributed by atoms with Crippen molar-refractivity contribution in [3.63, 3.8) is 0 Å². The van der Waals surface area contributed by atoms with Gasteiger partial charge in [0.2, 0.25) is 5.91 Å². The molecule has 0 saturated carbocycles. The zero-order valence-electron chi connectivity index (χ0n) is 17.3. The fourth-order valence-electron chi connectivity index (χ4n) is 4.03. The standard InChI is InChI=1S/C23H28N2O4/c1-16(23(28)29-3)14-24(2)21(26)18-10-7-13-25(15-18)22(27)20-12-6-9-17-8-4-5-11-19(17)20/h4-6,8-9,11-12,16,18H,7,10,13-15H2,1-3H3. The number of carbonyl (C=O) groups excluding carboxylic acids is 3. The van der Waals surface area contributed by atoms with E-state index >= 15 is 0 Å². The van der Waals surface area contributed by atoms with Gasteiger partial charge in [-0.25, -0.2) is 0 Å². The van der Waals surface area contributed by atoms with E-state index in [2.05, 4.69) is 0 Å². The van der Waals surface area contributed by atoms with E-state index in [0.717, 1.165) is 23.6 Å². The summed E-state index contributed by atoms with van der Waals surface area (Å²) in [5.41, 5.74) is 0.670. The molecule has 2 atom stereocenters. The van der Waals surface area contributed by atoms with Gasteiger partial charge in [0.15, 0.2) is 0 Å². The molecule has 0 radical (unpaired) electrons. The summed E-state index contributed by atoms with van der Waals surface area (Å²) in [5, 5.41) is 1.96. The number of rotatable bonds is 5. The third-order valence-electron chi connectivity index (χ3n) is 5.61. The van der Waals surface area contributed by atoms with Crippen LogP contribution in [0.1, 0.15) is 30.1 Å². The van der Waals surface area contributed by atoms with Gasteiger partial charge in [-0.15, -0.1) is 0 Å². The fraction of sp³-hybridized carbons (Fsp3) is 0.435. The summed E-state index contributed by atoms with van der Waals surface area (Å²) < 4.78 is 4.74. The lowest BCUT2D eigenvalue weighted by atomic mass is 9.95. The van der Waals surface area contributed by atoms with E-state index in [0.29, 0.717) is 25.2 Å². The maximum atomic E-state index is 13.2. The van der Waals surface area contributed by atoms with Crippen LogP contribution in [0.5, 0.6) is 0 Å². The van der Waals surface area contributed by atoms with Crippen LogP contribution in [0.15, 0.2) is 42.5 Å². The Morgan fingerprint density at radius 1 is 1.17 bits per heavy atom. The highest BCUT2D eigenvalue weighted by Gasteiger charge is 2.32. The van der Waals surface area contributed by atoms with Crippen LogP contribution in [-0.2, 0) is 14.3 Å². The van der Waals surface area contributed by atoms with Gasteiger partial charge in [0.1, 0.15) is 0 Å². The van der Waals surface area contributed by atoms with Gasteiger partial charge < -0.3 is 14.5 Å². The van der Waals surface area contributed by atoms with Crippen LogP contribution in [-0.4, -0.2) is 61.4 Å².